The van der Waals surface area contributed by atoms with Crippen molar-refractivity contribution in [2.45, 2.75) is 0 Å². The summed E-state index contributed by atoms with van der Waals surface area (Å²) in [6.45, 7) is 0. The summed E-state index contributed by atoms with van der Waals surface area (Å²) >= 11 is 0. The van der Waals surface area contributed by atoms with Gasteiger partial charge in [-0.15, -0.1) is 101 Å². The number of fused-ring (bicyclic) bond motifs is 2. The first-order chi connectivity index (χ1) is 21.8. The third kappa shape index (κ3) is 8.42. The van der Waals surface area contributed by atoms with E-state index in [9.17, 15) is 0 Å². The molecule has 0 amide bonds. The summed E-state index contributed by atoms with van der Waals surface area (Å²) < 4.78 is 0. The van der Waals surface area contributed by atoms with Crippen molar-refractivity contribution >= 4 is 21.7 Å². The summed E-state index contributed by atoms with van der Waals surface area (Å²) in [5, 5.41) is 3.59. The molecule has 0 aliphatic heterocycles. The Labute approximate surface area is 277 Å². The number of rotatable bonds is 3. The Balaban J connectivity index is 0.000000139. The maximum Gasteiger partial charge on any atom is 3.00 e. The van der Waals surface area contributed by atoms with E-state index in [1.54, 1.807) is 12.4 Å². The van der Waals surface area contributed by atoms with Crippen LogP contribution in [0, 0.1) is 18.2 Å². The van der Waals surface area contributed by atoms with Gasteiger partial charge >= 0.3 is 20.1 Å². The van der Waals surface area contributed by atoms with Crippen LogP contribution in [-0.4, -0.2) is 15.0 Å². The van der Waals surface area contributed by atoms with Gasteiger partial charge in [0.2, 0.25) is 0 Å². The molecule has 0 N–H and O–H groups in total. The zero-order valence-corrected chi connectivity index (χ0v) is 26.7. The Bertz CT molecular complexity index is 1820. The molecule has 4 heteroatoms. The average Bonchev–Trinajstić information content (AvgIpc) is 3.13. The molecule has 0 aliphatic rings. The van der Waals surface area contributed by atoms with Crippen LogP contribution in [0.2, 0.25) is 0 Å². The molecule has 0 saturated carbocycles. The fraction of sp³-hybridized carbons (Fsp3) is 0. The maximum absolute atomic E-state index is 4.72. The molecule has 8 rings (SSSR count). The van der Waals surface area contributed by atoms with E-state index in [-0.39, 0.29) is 20.1 Å². The second-order valence-electron chi connectivity index (χ2n) is 9.85. The number of aromatic nitrogens is 3. The van der Waals surface area contributed by atoms with Gasteiger partial charge < -0.3 is 9.97 Å². The van der Waals surface area contributed by atoms with Gasteiger partial charge in [-0.1, -0.05) is 84.2 Å². The van der Waals surface area contributed by atoms with Gasteiger partial charge in [-0.25, -0.2) is 0 Å². The fourth-order valence-corrected chi connectivity index (χ4v) is 4.64. The SMILES string of the molecule is [Ir+3].[c-]1cc2ccccc2cc1-c1ccc2ccccc2n1.[c-]1ccccc1-c1ccccn1.[c-]1ccccc1-c1ccccn1. The number of nitrogens with zero attached hydrogens (tertiary/aromatic N) is 3. The molecule has 216 valence electrons. The predicted molar refractivity (Wildman–Crippen MR) is 181 cm³/mol. The molecule has 8 aromatic rings. The molecule has 0 atom stereocenters. The molecule has 3 aromatic heterocycles. The van der Waals surface area contributed by atoms with E-state index in [0.717, 1.165) is 44.7 Å². The number of hydrogen-bond acceptors (Lipinski definition) is 3. The summed E-state index contributed by atoms with van der Waals surface area (Å²) in [6, 6.07) is 61.8. The Morgan fingerprint density at radius 2 is 0.956 bits per heavy atom. The van der Waals surface area contributed by atoms with Crippen LogP contribution in [0.5, 0.6) is 0 Å². The molecule has 0 aliphatic carbocycles. The summed E-state index contributed by atoms with van der Waals surface area (Å²) in [5.41, 5.74) is 7.04. The number of pyridine rings is 3. The van der Waals surface area contributed by atoms with Gasteiger partial charge in [0.1, 0.15) is 0 Å². The third-order valence-corrected chi connectivity index (χ3v) is 6.85. The van der Waals surface area contributed by atoms with E-state index in [0.29, 0.717) is 0 Å². The van der Waals surface area contributed by atoms with Crippen LogP contribution in [-0.2, 0) is 20.1 Å². The van der Waals surface area contributed by atoms with Crippen LogP contribution < -0.4 is 0 Å². The van der Waals surface area contributed by atoms with Crippen molar-refractivity contribution in [1.82, 2.24) is 15.0 Å². The minimum Gasteiger partial charge on any atom is -0.305 e. The maximum atomic E-state index is 4.72. The Hall–Kier alpha value is -5.28. The predicted octanol–water partition coefficient (Wildman–Crippen LogP) is 9.95. The van der Waals surface area contributed by atoms with Crippen molar-refractivity contribution in [2.75, 3.05) is 0 Å². The van der Waals surface area contributed by atoms with Crippen molar-refractivity contribution in [2.24, 2.45) is 0 Å². The Morgan fingerprint density at radius 1 is 0.400 bits per heavy atom. The summed E-state index contributed by atoms with van der Waals surface area (Å²) in [4.78, 5) is 13.2. The van der Waals surface area contributed by atoms with Gasteiger partial charge in [0.05, 0.1) is 5.52 Å². The molecular formula is C41H28IrN3. The molecule has 3 nitrogen and oxygen atoms in total. The first-order valence-corrected chi connectivity index (χ1v) is 14.4. The molecule has 3 heterocycles. The first-order valence-electron chi connectivity index (χ1n) is 14.4. The first kappa shape index (κ1) is 31.2. The van der Waals surface area contributed by atoms with E-state index in [1.807, 2.05) is 115 Å². The van der Waals surface area contributed by atoms with Gasteiger partial charge in [-0.05, 0) is 40.7 Å². The summed E-state index contributed by atoms with van der Waals surface area (Å²) in [5.74, 6) is 0. The number of benzene rings is 5. The van der Waals surface area contributed by atoms with E-state index in [1.165, 1.54) is 10.8 Å². The second-order valence-corrected chi connectivity index (χ2v) is 9.85. The van der Waals surface area contributed by atoms with Crippen LogP contribution >= 0.6 is 0 Å². The van der Waals surface area contributed by atoms with Crippen molar-refractivity contribution < 1.29 is 20.1 Å². The Morgan fingerprint density at radius 3 is 1.53 bits per heavy atom. The second kappa shape index (κ2) is 16.0. The summed E-state index contributed by atoms with van der Waals surface area (Å²) in [7, 11) is 0. The molecule has 5 aromatic carbocycles. The molecule has 0 saturated heterocycles. The third-order valence-electron chi connectivity index (χ3n) is 6.85. The number of hydrogen-bond donors (Lipinski definition) is 0. The largest absolute Gasteiger partial charge is 3.00 e. The molecule has 45 heavy (non-hydrogen) atoms. The monoisotopic (exact) mass is 755 g/mol. The van der Waals surface area contributed by atoms with Crippen molar-refractivity contribution in [1.29, 1.82) is 0 Å². The van der Waals surface area contributed by atoms with Crippen molar-refractivity contribution in [3.63, 3.8) is 0 Å². The molecule has 0 fully saturated rings. The zero-order valence-electron chi connectivity index (χ0n) is 24.3. The Kier molecular flexibility index (Phi) is 11.1. The van der Waals surface area contributed by atoms with Crippen LogP contribution in [0.1, 0.15) is 0 Å². The molecule has 0 unspecified atom stereocenters. The minimum atomic E-state index is 0. The van der Waals surface area contributed by atoms with Crippen molar-refractivity contribution in [3.8, 4) is 33.8 Å². The molecule has 0 spiro atoms. The van der Waals surface area contributed by atoms with Gasteiger partial charge in [-0.3, -0.25) is 4.98 Å². The van der Waals surface area contributed by atoms with Crippen molar-refractivity contribution in [3.05, 3.63) is 188 Å². The van der Waals surface area contributed by atoms with Gasteiger partial charge in [0, 0.05) is 12.4 Å². The van der Waals surface area contributed by atoms with E-state index < -0.39 is 0 Å². The van der Waals surface area contributed by atoms with Crippen LogP contribution in [0.4, 0.5) is 0 Å². The van der Waals surface area contributed by atoms with Crippen LogP contribution in [0.3, 0.4) is 0 Å². The van der Waals surface area contributed by atoms with E-state index in [2.05, 4.69) is 70.6 Å². The van der Waals surface area contributed by atoms with E-state index in [4.69, 9.17) is 4.98 Å². The fourth-order valence-electron chi connectivity index (χ4n) is 4.64. The summed E-state index contributed by atoms with van der Waals surface area (Å²) in [6.07, 6.45) is 3.58. The topological polar surface area (TPSA) is 38.7 Å². The molecular weight excluding hydrogens is 727 g/mol. The zero-order chi connectivity index (χ0) is 29.8. The van der Waals surface area contributed by atoms with Crippen LogP contribution in [0.25, 0.3) is 55.4 Å². The van der Waals surface area contributed by atoms with Gasteiger partial charge in [0.25, 0.3) is 0 Å². The standard InChI is InChI=1S/C19H12N.2C11H8N.Ir/c1-2-7-16-13-17(10-9-14(16)5-1)19-12-11-15-6-3-4-8-18(15)20-19;2*1-2-6-10(7-3-1)11-8-4-5-9-12-11;/h1-9,11-13H;2*1-6,8-9H;/q3*-1;+3. The van der Waals surface area contributed by atoms with Gasteiger partial charge in [0.15, 0.2) is 0 Å². The normalized spacial score (nSPS) is 10.0. The minimum absolute atomic E-state index is 0. The van der Waals surface area contributed by atoms with E-state index >= 15 is 0 Å². The molecule has 0 bridgehead atoms. The number of para-hydroxylation sites is 1. The van der Waals surface area contributed by atoms with Crippen LogP contribution in [0.15, 0.2) is 170 Å². The molecule has 0 radical (unpaired) electrons. The smallest absolute Gasteiger partial charge is 0.305 e. The van der Waals surface area contributed by atoms with Gasteiger partial charge in [-0.2, -0.15) is 0 Å². The average molecular weight is 755 g/mol. The quantitative estimate of drug-likeness (QED) is 0.169.